The van der Waals surface area contributed by atoms with Crippen molar-refractivity contribution in [3.63, 3.8) is 0 Å². The molecule has 0 fully saturated rings. The van der Waals surface area contributed by atoms with Gasteiger partial charge in [-0.05, 0) is 45.3 Å². The maximum atomic E-state index is 12.2. The largest absolute Gasteiger partial charge is 0.494 e. The first-order chi connectivity index (χ1) is 17.7. The fraction of sp³-hybridized carbons (Fsp3) is 0.250. The van der Waals surface area contributed by atoms with Gasteiger partial charge in [-0.1, -0.05) is 24.8 Å². The molecule has 0 spiro atoms. The van der Waals surface area contributed by atoms with Gasteiger partial charge in [0.2, 0.25) is 5.91 Å². The van der Waals surface area contributed by atoms with Crippen LogP contribution in [0, 0.1) is 5.41 Å². The number of nitrogens with zero attached hydrogens (tertiary/aromatic N) is 3. The van der Waals surface area contributed by atoms with Gasteiger partial charge in [0.1, 0.15) is 11.6 Å². The standard InChI is InChI=1S/C28H35N7O2/c1-7-28(36)33-23-17-24(26(37-6)18-25(23)35(5)15-14-34(3)4)32-27-16-20(12-13-30-27)31-22-11-9-8-10-21(22)19(2)29/h7-13,16-18,29H,1,14-15H2,2-6H3,(H,33,36)(H2,30,31,32). The van der Waals surface area contributed by atoms with E-state index in [1.54, 1.807) is 20.2 Å². The van der Waals surface area contributed by atoms with Crippen LogP contribution in [0.2, 0.25) is 0 Å². The van der Waals surface area contributed by atoms with Gasteiger partial charge in [-0.3, -0.25) is 4.79 Å². The topological polar surface area (TPSA) is 106 Å². The summed E-state index contributed by atoms with van der Waals surface area (Å²) in [6.45, 7) is 6.93. The Kier molecular flexibility index (Phi) is 9.23. The third-order valence-electron chi connectivity index (χ3n) is 5.69. The van der Waals surface area contributed by atoms with Gasteiger partial charge >= 0.3 is 0 Å². The molecule has 1 heterocycles. The van der Waals surface area contributed by atoms with Crippen LogP contribution in [0.25, 0.3) is 0 Å². The Morgan fingerprint density at radius 2 is 1.81 bits per heavy atom. The number of pyridine rings is 1. The van der Waals surface area contributed by atoms with E-state index in [4.69, 9.17) is 10.1 Å². The first kappa shape index (κ1) is 27.2. The summed E-state index contributed by atoms with van der Waals surface area (Å²) in [5, 5.41) is 17.6. The fourth-order valence-corrected chi connectivity index (χ4v) is 3.70. The van der Waals surface area contributed by atoms with Gasteiger partial charge in [0.05, 0.1) is 24.2 Å². The molecule has 3 rings (SSSR count). The number of ether oxygens (including phenoxy) is 1. The number of amides is 1. The molecule has 0 saturated heterocycles. The van der Waals surface area contributed by atoms with E-state index < -0.39 is 0 Å². The Balaban J connectivity index is 1.93. The number of nitrogens with one attached hydrogen (secondary N) is 4. The Labute approximate surface area is 218 Å². The number of aromatic nitrogens is 1. The van der Waals surface area contributed by atoms with E-state index in [0.717, 1.165) is 35.7 Å². The van der Waals surface area contributed by atoms with Crippen molar-refractivity contribution in [1.29, 1.82) is 5.41 Å². The summed E-state index contributed by atoms with van der Waals surface area (Å²) in [5.41, 5.74) is 5.04. The minimum absolute atomic E-state index is 0.303. The Morgan fingerprint density at radius 3 is 2.49 bits per heavy atom. The number of anilines is 6. The van der Waals surface area contributed by atoms with E-state index in [-0.39, 0.29) is 5.91 Å². The van der Waals surface area contributed by atoms with Crippen molar-refractivity contribution in [2.75, 3.05) is 62.2 Å². The molecule has 37 heavy (non-hydrogen) atoms. The molecule has 1 amide bonds. The van der Waals surface area contributed by atoms with Crippen LogP contribution in [0.15, 0.2) is 67.4 Å². The summed E-state index contributed by atoms with van der Waals surface area (Å²) in [6, 6.07) is 15.1. The molecule has 0 radical (unpaired) electrons. The molecule has 0 aliphatic carbocycles. The number of rotatable bonds is 12. The summed E-state index contributed by atoms with van der Waals surface area (Å²) in [4.78, 5) is 20.8. The Hall–Kier alpha value is -4.37. The minimum Gasteiger partial charge on any atom is -0.494 e. The van der Waals surface area contributed by atoms with Gasteiger partial charge in [-0.2, -0.15) is 0 Å². The maximum Gasteiger partial charge on any atom is 0.247 e. The number of carbonyl (C=O) groups is 1. The predicted molar refractivity (Wildman–Crippen MR) is 153 cm³/mol. The van der Waals surface area contributed by atoms with E-state index in [1.165, 1.54) is 6.08 Å². The molecule has 9 nitrogen and oxygen atoms in total. The number of benzene rings is 2. The highest BCUT2D eigenvalue weighted by atomic mass is 16.5. The Morgan fingerprint density at radius 1 is 1.05 bits per heavy atom. The number of hydrogen-bond acceptors (Lipinski definition) is 8. The maximum absolute atomic E-state index is 12.2. The van der Waals surface area contributed by atoms with Crippen LogP contribution in [0.3, 0.4) is 0 Å². The average molecular weight is 502 g/mol. The summed E-state index contributed by atoms with van der Waals surface area (Å²) in [6.07, 6.45) is 2.94. The van der Waals surface area contributed by atoms with Crippen molar-refractivity contribution >= 4 is 45.9 Å². The zero-order valence-electron chi connectivity index (χ0n) is 22.1. The second kappa shape index (κ2) is 12.5. The lowest BCUT2D eigenvalue weighted by Gasteiger charge is -2.26. The fourth-order valence-electron chi connectivity index (χ4n) is 3.70. The first-order valence-electron chi connectivity index (χ1n) is 11.9. The highest BCUT2D eigenvalue weighted by Gasteiger charge is 2.16. The number of carbonyl (C=O) groups excluding carboxylic acids is 1. The van der Waals surface area contributed by atoms with Crippen LogP contribution in [0.1, 0.15) is 12.5 Å². The van der Waals surface area contributed by atoms with E-state index in [2.05, 4.69) is 37.3 Å². The van der Waals surface area contributed by atoms with Gasteiger partial charge in [-0.25, -0.2) is 4.98 Å². The number of hydrogen-bond donors (Lipinski definition) is 4. The number of methoxy groups -OCH3 is 1. The molecule has 0 bridgehead atoms. The van der Waals surface area contributed by atoms with E-state index in [0.29, 0.717) is 28.7 Å². The molecule has 194 valence electrons. The lowest BCUT2D eigenvalue weighted by molar-refractivity contribution is -0.111. The van der Waals surface area contributed by atoms with Crippen molar-refractivity contribution in [2.45, 2.75) is 6.92 Å². The molecular weight excluding hydrogens is 466 g/mol. The number of likely N-dealkylation sites (N-methyl/N-ethyl adjacent to an activating group) is 2. The van der Waals surface area contributed by atoms with Crippen LogP contribution < -0.4 is 25.6 Å². The van der Waals surface area contributed by atoms with Crippen molar-refractivity contribution in [2.24, 2.45) is 0 Å². The van der Waals surface area contributed by atoms with Crippen molar-refractivity contribution < 1.29 is 9.53 Å². The second-order valence-corrected chi connectivity index (χ2v) is 8.84. The first-order valence-corrected chi connectivity index (χ1v) is 11.9. The molecule has 0 unspecified atom stereocenters. The van der Waals surface area contributed by atoms with Gasteiger partial charge in [0.25, 0.3) is 0 Å². The van der Waals surface area contributed by atoms with Gasteiger partial charge in [-0.15, -0.1) is 0 Å². The predicted octanol–water partition coefficient (Wildman–Crippen LogP) is 5.09. The molecule has 1 aromatic heterocycles. The van der Waals surface area contributed by atoms with Crippen LogP contribution in [-0.2, 0) is 4.79 Å². The molecular formula is C28H35N7O2. The highest BCUT2D eigenvalue weighted by molar-refractivity contribution is 6.03. The molecule has 9 heteroatoms. The second-order valence-electron chi connectivity index (χ2n) is 8.84. The van der Waals surface area contributed by atoms with Crippen LogP contribution in [0.4, 0.5) is 34.3 Å². The zero-order chi connectivity index (χ0) is 26.9. The lowest BCUT2D eigenvalue weighted by atomic mass is 10.1. The zero-order valence-corrected chi connectivity index (χ0v) is 22.1. The van der Waals surface area contributed by atoms with Gasteiger partial charge < -0.3 is 35.9 Å². The van der Waals surface area contributed by atoms with Crippen molar-refractivity contribution in [1.82, 2.24) is 9.88 Å². The third-order valence-corrected chi connectivity index (χ3v) is 5.69. The minimum atomic E-state index is -0.303. The summed E-state index contributed by atoms with van der Waals surface area (Å²) in [7, 11) is 7.61. The molecule has 4 N–H and O–H groups in total. The normalized spacial score (nSPS) is 10.5. The third kappa shape index (κ3) is 7.31. The molecule has 0 aliphatic heterocycles. The van der Waals surface area contributed by atoms with Crippen LogP contribution in [-0.4, -0.2) is 62.8 Å². The molecule has 0 aliphatic rings. The van der Waals surface area contributed by atoms with Gasteiger partial charge in [0.15, 0.2) is 0 Å². The van der Waals surface area contributed by atoms with Gasteiger partial charge in [0, 0.05) is 61.1 Å². The molecule has 0 atom stereocenters. The Bertz CT molecular complexity index is 1270. The van der Waals surface area contributed by atoms with Crippen LogP contribution in [0.5, 0.6) is 5.75 Å². The smallest absolute Gasteiger partial charge is 0.247 e. The quantitative estimate of drug-likeness (QED) is 0.202. The lowest BCUT2D eigenvalue weighted by Crippen LogP contribution is -2.29. The van der Waals surface area contributed by atoms with E-state index in [1.807, 2.05) is 69.7 Å². The summed E-state index contributed by atoms with van der Waals surface area (Å²) < 4.78 is 5.69. The molecule has 0 saturated carbocycles. The van der Waals surface area contributed by atoms with E-state index in [9.17, 15) is 4.79 Å². The SMILES string of the molecule is C=CC(=O)Nc1cc(Nc2cc(Nc3ccccc3C(C)=N)ccn2)c(OC)cc1N(C)CCN(C)C. The molecule has 2 aromatic carbocycles. The van der Waals surface area contributed by atoms with Crippen LogP contribution >= 0.6 is 0 Å². The number of para-hydroxylation sites is 1. The van der Waals surface area contributed by atoms with Crippen molar-refractivity contribution in [3.05, 3.63) is 72.9 Å². The monoisotopic (exact) mass is 501 g/mol. The van der Waals surface area contributed by atoms with E-state index >= 15 is 0 Å². The summed E-state index contributed by atoms with van der Waals surface area (Å²) >= 11 is 0. The molecule has 3 aromatic rings. The summed E-state index contributed by atoms with van der Waals surface area (Å²) in [5.74, 6) is 0.887. The average Bonchev–Trinajstić information content (AvgIpc) is 2.87. The van der Waals surface area contributed by atoms with Crippen molar-refractivity contribution in [3.8, 4) is 5.75 Å². The highest BCUT2D eigenvalue weighted by Crippen LogP contribution is 2.38.